The van der Waals surface area contributed by atoms with Crippen molar-refractivity contribution in [1.29, 1.82) is 0 Å². The van der Waals surface area contributed by atoms with Crippen LogP contribution in [-0.2, 0) is 36.1 Å². The highest BCUT2D eigenvalue weighted by atomic mass is 19.4. The molecule has 0 spiro atoms. The van der Waals surface area contributed by atoms with E-state index in [0.717, 1.165) is 54.8 Å². The summed E-state index contributed by atoms with van der Waals surface area (Å²) in [6.45, 7) is 6.66. The van der Waals surface area contributed by atoms with Crippen LogP contribution in [0.2, 0.25) is 0 Å². The minimum absolute atomic E-state index is 0.0556. The Kier molecular flexibility index (Phi) is 16.8. The topological polar surface area (TPSA) is 140 Å². The van der Waals surface area contributed by atoms with Gasteiger partial charge in [-0.25, -0.2) is 28.1 Å². The first-order valence-electron chi connectivity index (χ1n) is 18.8. The van der Waals surface area contributed by atoms with Gasteiger partial charge in [-0.15, -0.1) is 0 Å². The molecule has 2 aromatic heterocycles. The summed E-state index contributed by atoms with van der Waals surface area (Å²) in [5.74, 6) is -1.69. The first-order valence-corrected chi connectivity index (χ1v) is 18.8. The Morgan fingerprint density at radius 3 is 1.88 bits per heavy atom. The van der Waals surface area contributed by atoms with E-state index in [-0.39, 0.29) is 24.8 Å². The van der Waals surface area contributed by atoms with Crippen LogP contribution in [0.3, 0.4) is 0 Å². The van der Waals surface area contributed by atoms with Gasteiger partial charge in [-0.1, -0.05) is 74.5 Å². The first-order chi connectivity index (χ1) is 28.1. The third-order valence-electron chi connectivity index (χ3n) is 8.99. The molecule has 0 radical (unpaired) electrons. The standard InChI is InChI=1S/C17H18F3NO.C13H12F2N6O.C13H18O2/c1-21-12-11-16(13-5-3-2-4-6-13)22-15-9-7-14(8-10-15)17(18,19)20;14-10-1-2-11(12(15)3-10)13(22,4-20-8-16-6-18-20)5-21-9-17-7-19-21;1-9(2)8-11-4-6-12(7-5-11)10(3)13(14)15/h2-10,16,21H,11-12H2,1H3;1-3,6-9,22H,4-5H2;4-7,9-10H,8H2,1-3H3,(H,14,15). The van der Waals surface area contributed by atoms with Gasteiger partial charge in [0.15, 0.2) is 0 Å². The molecule has 6 rings (SSSR count). The number of halogens is 5. The minimum Gasteiger partial charge on any atom is -0.486 e. The zero-order chi connectivity index (χ0) is 43.0. The quantitative estimate of drug-likeness (QED) is 0.0874. The van der Waals surface area contributed by atoms with Gasteiger partial charge in [0.2, 0.25) is 0 Å². The maximum Gasteiger partial charge on any atom is 0.416 e. The van der Waals surface area contributed by atoms with Crippen LogP contribution in [0.25, 0.3) is 0 Å². The predicted octanol–water partition coefficient (Wildman–Crippen LogP) is 8.24. The lowest BCUT2D eigenvalue weighted by molar-refractivity contribution is -0.138. The van der Waals surface area contributed by atoms with Gasteiger partial charge in [0.1, 0.15) is 54.4 Å². The van der Waals surface area contributed by atoms with Gasteiger partial charge in [-0.05, 0) is 79.9 Å². The van der Waals surface area contributed by atoms with Crippen molar-refractivity contribution >= 4 is 5.97 Å². The van der Waals surface area contributed by atoms with E-state index in [1.165, 1.54) is 58.4 Å². The van der Waals surface area contributed by atoms with E-state index in [1.807, 2.05) is 61.6 Å². The van der Waals surface area contributed by atoms with Gasteiger partial charge in [0.25, 0.3) is 0 Å². The van der Waals surface area contributed by atoms with E-state index in [2.05, 4.69) is 39.3 Å². The highest BCUT2D eigenvalue weighted by Crippen LogP contribution is 2.32. The average Bonchev–Trinajstić information content (AvgIpc) is 3.91. The molecule has 4 aromatic carbocycles. The fraction of sp³-hybridized carbons (Fsp3) is 0.326. The summed E-state index contributed by atoms with van der Waals surface area (Å²) in [5, 5.41) is 30.7. The molecule has 16 heteroatoms. The second kappa shape index (κ2) is 21.7. The number of nitrogens with zero attached hydrogens (tertiary/aromatic N) is 6. The molecule has 0 fully saturated rings. The first kappa shape index (κ1) is 45.7. The van der Waals surface area contributed by atoms with Gasteiger partial charge >= 0.3 is 12.1 Å². The largest absolute Gasteiger partial charge is 0.486 e. The van der Waals surface area contributed by atoms with E-state index < -0.39 is 40.9 Å². The molecular weight excluding hydrogens is 774 g/mol. The molecule has 0 saturated heterocycles. The number of hydrogen-bond donors (Lipinski definition) is 3. The molecule has 6 aromatic rings. The summed E-state index contributed by atoms with van der Waals surface area (Å²) < 4.78 is 73.5. The lowest BCUT2D eigenvalue weighted by Crippen LogP contribution is -2.37. The van der Waals surface area contributed by atoms with Crippen molar-refractivity contribution in [3.05, 3.63) is 162 Å². The number of carboxylic acids is 1. The van der Waals surface area contributed by atoms with Crippen LogP contribution < -0.4 is 10.1 Å². The minimum atomic E-state index is -4.33. The maximum atomic E-state index is 14.1. The number of carbonyl (C=O) groups is 1. The Bertz CT molecular complexity index is 2080. The lowest BCUT2D eigenvalue weighted by atomic mass is 9.93. The number of ether oxygens (including phenoxy) is 1. The summed E-state index contributed by atoms with van der Waals surface area (Å²) in [6, 6.07) is 25.3. The van der Waals surface area contributed by atoms with Gasteiger partial charge < -0.3 is 20.3 Å². The zero-order valence-electron chi connectivity index (χ0n) is 33.1. The third kappa shape index (κ3) is 14.4. The Balaban J connectivity index is 0.000000200. The van der Waals surface area contributed by atoms with Crippen molar-refractivity contribution < 1.29 is 41.7 Å². The van der Waals surface area contributed by atoms with Crippen LogP contribution in [0.4, 0.5) is 22.0 Å². The second-order valence-corrected chi connectivity index (χ2v) is 14.2. The third-order valence-corrected chi connectivity index (χ3v) is 8.99. The number of nitrogens with one attached hydrogen (secondary N) is 1. The van der Waals surface area contributed by atoms with Crippen LogP contribution in [-0.4, -0.2) is 59.3 Å². The van der Waals surface area contributed by atoms with E-state index >= 15 is 0 Å². The number of hydrogen-bond acceptors (Lipinski definition) is 8. The molecule has 0 amide bonds. The van der Waals surface area contributed by atoms with Gasteiger partial charge in [-0.3, -0.25) is 4.79 Å². The molecule has 3 N–H and O–H groups in total. The Morgan fingerprint density at radius 1 is 0.814 bits per heavy atom. The molecule has 2 atom stereocenters. The Hall–Kier alpha value is -6.00. The van der Waals surface area contributed by atoms with E-state index in [4.69, 9.17) is 9.84 Å². The van der Waals surface area contributed by atoms with Crippen molar-refractivity contribution in [3.8, 4) is 5.75 Å². The second-order valence-electron chi connectivity index (χ2n) is 14.2. The van der Waals surface area contributed by atoms with Gasteiger partial charge in [0.05, 0.1) is 24.6 Å². The van der Waals surface area contributed by atoms with Crippen molar-refractivity contribution in [1.82, 2.24) is 34.8 Å². The average molecular weight is 822 g/mol. The summed E-state index contributed by atoms with van der Waals surface area (Å²) >= 11 is 0. The number of alkyl halides is 3. The summed E-state index contributed by atoms with van der Waals surface area (Å²) in [5.41, 5.74) is 0.712. The van der Waals surface area contributed by atoms with Crippen LogP contribution in [0.1, 0.15) is 67.0 Å². The fourth-order valence-electron chi connectivity index (χ4n) is 5.93. The molecule has 11 nitrogen and oxygen atoms in total. The lowest BCUT2D eigenvalue weighted by Gasteiger charge is -2.28. The molecule has 2 unspecified atom stereocenters. The normalized spacial score (nSPS) is 12.5. The Labute approximate surface area is 339 Å². The number of aliphatic hydroxyl groups is 1. The summed E-state index contributed by atoms with van der Waals surface area (Å²) in [6.07, 6.45) is 2.63. The molecule has 0 bridgehead atoms. The Morgan fingerprint density at radius 2 is 1.41 bits per heavy atom. The molecular formula is C43H48F5N7O4. The number of aromatic nitrogens is 6. The molecule has 0 saturated carbocycles. The smallest absolute Gasteiger partial charge is 0.416 e. The van der Waals surface area contributed by atoms with E-state index in [0.29, 0.717) is 11.7 Å². The molecule has 0 aliphatic carbocycles. The summed E-state index contributed by atoms with van der Waals surface area (Å²) in [7, 11) is 1.85. The highest BCUT2D eigenvalue weighted by molar-refractivity contribution is 5.75. The summed E-state index contributed by atoms with van der Waals surface area (Å²) in [4.78, 5) is 18.3. The van der Waals surface area contributed by atoms with Crippen molar-refractivity contribution in [2.24, 2.45) is 5.92 Å². The van der Waals surface area contributed by atoms with E-state index in [1.54, 1.807) is 6.92 Å². The van der Waals surface area contributed by atoms with Gasteiger partial charge in [0, 0.05) is 18.1 Å². The van der Waals surface area contributed by atoms with Crippen molar-refractivity contribution in [3.63, 3.8) is 0 Å². The van der Waals surface area contributed by atoms with E-state index in [9.17, 15) is 31.9 Å². The SMILES string of the molecule is CC(C)Cc1ccc(C(C)C(=O)O)cc1.CNCCC(Oc1ccc(C(F)(F)F)cc1)c1ccccc1.OC(Cn1cncn1)(Cn1cncn1)c1ccc(F)cc1F. The predicted molar refractivity (Wildman–Crippen MR) is 211 cm³/mol. The molecule has 314 valence electrons. The van der Waals surface area contributed by atoms with Crippen LogP contribution >= 0.6 is 0 Å². The number of rotatable bonds is 15. The zero-order valence-corrected chi connectivity index (χ0v) is 33.1. The highest BCUT2D eigenvalue weighted by Gasteiger charge is 2.34. The number of carboxylic acid groups (broad SMARTS) is 1. The molecule has 0 aliphatic rings. The van der Waals surface area contributed by atoms with Gasteiger partial charge in [-0.2, -0.15) is 23.4 Å². The van der Waals surface area contributed by atoms with Crippen molar-refractivity contribution in [2.75, 3.05) is 13.6 Å². The number of aliphatic carboxylic acids is 1. The number of benzene rings is 4. The maximum absolute atomic E-state index is 14.1. The molecule has 2 heterocycles. The molecule has 59 heavy (non-hydrogen) atoms. The van der Waals surface area contributed by atoms with Crippen LogP contribution in [0.5, 0.6) is 5.75 Å². The fourth-order valence-corrected chi connectivity index (χ4v) is 5.93. The van der Waals surface area contributed by atoms with Crippen molar-refractivity contribution in [2.45, 2.75) is 70.5 Å². The van der Waals surface area contributed by atoms with Crippen LogP contribution in [0.15, 0.2) is 122 Å². The molecule has 0 aliphatic heterocycles. The monoisotopic (exact) mass is 821 g/mol. The van der Waals surface area contributed by atoms with Crippen LogP contribution in [0, 0.1) is 17.6 Å².